The minimum Gasteiger partial charge on any atom is -0.484 e. The first kappa shape index (κ1) is 21.0. The highest BCUT2D eigenvalue weighted by Crippen LogP contribution is 2.12. The van der Waals surface area contributed by atoms with Crippen molar-refractivity contribution in [3.8, 4) is 5.75 Å². The molecule has 1 rings (SSSR count). The van der Waals surface area contributed by atoms with Crippen LogP contribution >= 0.6 is 0 Å². The molecule has 1 aromatic carbocycles. The second-order valence-electron chi connectivity index (χ2n) is 7.31. The zero-order valence-corrected chi connectivity index (χ0v) is 16.2. The van der Waals surface area contributed by atoms with Crippen molar-refractivity contribution in [3.05, 3.63) is 29.8 Å². The summed E-state index contributed by atoms with van der Waals surface area (Å²) in [6.45, 7) is 8.28. The van der Waals surface area contributed by atoms with Gasteiger partial charge in [-0.1, -0.05) is 17.7 Å². The first-order chi connectivity index (χ1) is 11.6. The molecule has 25 heavy (non-hydrogen) atoms. The Labute approximate surface area is 150 Å². The van der Waals surface area contributed by atoms with E-state index in [1.165, 1.54) is 4.90 Å². The van der Waals surface area contributed by atoms with Gasteiger partial charge in [-0.05, 0) is 53.9 Å². The number of carbonyl (C=O) groups is 2. The van der Waals surface area contributed by atoms with E-state index in [2.05, 4.69) is 0 Å². The van der Waals surface area contributed by atoms with Crippen LogP contribution in [0.1, 0.15) is 26.3 Å². The molecule has 0 fully saturated rings. The Morgan fingerprint density at radius 2 is 1.64 bits per heavy atom. The summed E-state index contributed by atoms with van der Waals surface area (Å²) in [6, 6.07) is 7.48. The lowest BCUT2D eigenvalue weighted by atomic mass is 10.2. The molecule has 0 radical (unpaired) electrons. The monoisotopic (exact) mass is 350 g/mol. The summed E-state index contributed by atoms with van der Waals surface area (Å²) in [4.78, 5) is 28.0. The predicted octanol–water partition coefficient (Wildman–Crippen LogP) is 2.11. The molecule has 140 valence electrons. The summed E-state index contributed by atoms with van der Waals surface area (Å²) in [7, 11) is 3.83. The van der Waals surface area contributed by atoms with Gasteiger partial charge in [0.15, 0.2) is 6.61 Å². The van der Waals surface area contributed by atoms with E-state index in [1.54, 1.807) is 20.8 Å². The van der Waals surface area contributed by atoms with Gasteiger partial charge in [0.2, 0.25) is 0 Å². The third kappa shape index (κ3) is 9.10. The molecule has 0 aliphatic carbocycles. The van der Waals surface area contributed by atoms with E-state index in [4.69, 9.17) is 9.47 Å². The molecule has 1 amide bonds. The van der Waals surface area contributed by atoms with Gasteiger partial charge in [0.25, 0.3) is 5.91 Å². The maximum absolute atomic E-state index is 12.5. The van der Waals surface area contributed by atoms with Crippen LogP contribution in [0, 0.1) is 6.92 Å². The molecule has 0 saturated heterocycles. The Kier molecular flexibility index (Phi) is 7.90. The fraction of sp³-hybridized carbons (Fsp3) is 0.579. The topological polar surface area (TPSA) is 59.1 Å². The van der Waals surface area contributed by atoms with E-state index >= 15 is 0 Å². The average molecular weight is 350 g/mol. The van der Waals surface area contributed by atoms with Gasteiger partial charge in [-0.25, -0.2) is 0 Å². The molecule has 1 aromatic rings. The first-order valence-corrected chi connectivity index (χ1v) is 8.40. The van der Waals surface area contributed by atoms with Crippen molar-refractivity contribution in [3.63, 3.8) is 0 Å². The lowest BCUT2D eigenvalue weighted by Crippen LogP contribution is -2.43. The normalized spacial score (nSPS) is 11.3. The van der Waals surface area contributed by atoms with Crippen LogP contribution in [0.15, 0.2) is 24.3 Å². The number of benzene rings is 1. The minimum absolute atomic E-state index is 0.0821. The molecule has 0 bridgehead atoms. The van der Waals surface area contributed by atoms with Crippen LogP contribution in [0.3, 0.4) is 0 Å². The van der Waals surface area contributed by atoms with Crippen molar-refractivity contribution in [2.24, 2.45) is 0 Å². The Hall–Kier alpha value is -2.08. The summed E-state index contributed by atoms with van der Waals surface area (Å²) in [5, 5.41) is 0. The maximum Gasteiger partial charge on any atom is 0.326 e. The maximum atomic E-state index is 12.5. The number of hydrogen-bond donors (Lipinski definition) is 0. The SMILES string of the molecule is Cc1ccc(OCC(=O)N(CCN(C)C)CC(=O)OC(C)(C)C)cc1. The molecule has 6 nitrogen and oxygen atoms in total. The molecule has 0 unspecified atom stereocenters. The van der Waals surface area contributed by atoms with Crippen molar-refractivity contribution in [2.75, 3.05) is 40.3 Å². The summed E-state index contributed by atoms with van der Waals surface area (Å²) < 4.78 is 10.8. The van der Waals surface area contributed by atoms with Gasteiger partial charge >= 0.3 is 5.97 Å². The second-order valence-corrected chi connectivity index (χ2v) is 7.31. The van der Waals surface area contributed by atoms with E-state index in [-0.39, 0.29) is 19.1 Å². The molecule has 0 N–H and O–H groups in total. The standard InChI is InChI=1S/C19H30N2O4/c1-15-7-9-16(10-8-15)24-14-17(22)21(12-11-20(5)6)13-18(23)25-19(2,3)4/h7-10H,11-14H2,1-6H3. The second kappa shape index (κ2) is 9.42. The van der Waals surface area contributed by atoms with Crippen molar-refractivity contribution in [2.45, 2.75) is 33.3 Å². The van der Waals surface area contributed by atoms with Crippen LogP contribution in [-0.4, -0.2) is 67.6 Å². The molecule has 0 saturated carbocycles. The van der Waals surface area contributed by atoms with Crippen LogP contribution in [0.25, 0.3) is 0 Å². The molecule has 0 aliphatic rings. The Morgan fingerprint density at radius 1 is 1.04 bits per heavy atom. The number of ether oxygens (including phenoxy) is 2. The van der Waals surface area contributed by atoms with E-state index in [0.717, 1.165) is 5.56 Å². The minimum atomic E-state index is -0.578. The summed E-state index contributed by atoms with van der Waals surface area (Å²) in [5.74, 6) is -0.0352. The third-order valence-electron chi connectivity index (χ3n) is 3.29. The zero-order valence-electron chi connectivity index (χ0n) is 16.2. The molecule has 0 aromatic heterocycles. The molecule has 0 heterocycles. The average Bonchev–Trinajstić information content (AvgIpc) is 2.48. The van der Waals surface area contributed by atoms with E-state index in [1.807, 2.05) is 50.2 Å². The fourth-order valence-corrected chi connectivity index (χ4v) is 2.01. The smallest absolute Gasteiger partial charge is 0.326 e. The van der Waals surface area contributed by atoms with Crippen LogP contribution in [0.4, 0.5) is 0 Å². The number of nitrogens with zero attached hydrogens (tertiary/aromatic N) is 2. The van der Waals surface area contributed by atoms with Crippen LogP contribution in [0.5, 0.6) is 5.75 Å². The molecular weight excluding hydrogens is 320 g/mol. The van der Waals surface area contributed by atoms with Crippen molar-refractivity contribution >= 4 is 11.9 Å². The number of carbonyl (C=O) groups excluding carboxylic acids is 2. The highest BCUT2D eigenvalue weighted by Gasteiger charge is 2.22. The molecule has 0 atom stereocenters. The summed E-state index contributed by atoms with van der Waals surface area (Å²) in [5.41, 5.74) is 0.544. The van der Waals surface area contributed by atoms with Crippen LogP contribution in [0.2, 0.25) is 0 Å². The van der Waals surface area contributed by atoms with Crippen LogP contribution < -0.4 is 4.74 Å². The van der Waals surface area contributed by atoms with Crippen molar-refractivity contribution in [1.29, 1.82) is 0 Å². The summed E-state index contributed by atoms with van der Waals surface area (Å²) >= 11 is 0. The fourth-order valence-electron chi connectivity index (χ4n) is 2.01. The zero-order chi connectivity index (χ0) is 19.0. The molecule has 6 heteroatoms. The van der Waals surface area contributed by atoms with Gasteiger partial charge in [0.05, 0.1) is 0 Å². The summed E-state index contributed by atoms with van der Waals surface area (Å²) in [6.07, 6.45) is 0. The molecule has 0 aliphatic heterocycles. The van der Waals surface area contributed by atoms with Crippen molar-refractivity contribution < 1.29 is 19.1 Å². The predicted molar refractivity (Wildman–Crippen MR) is 97.7 cm³/mol. The number of hydrogen-bond acceptors (Lipinski definition) is 5. The lowest BCUT2D eigenvalue weighted by molar-refractivity contribution is -0.159. The van der Waals surface area contributed by atoms with E-state index in [0.29, 0.717) is 18.8 Å². The van der Waals surface area contributed by atoms with Gasteiger partial charge in [-0.3, -0.25) is 9.59 Å². The van der Waals surface area contributed by atoms with Crippen LogP contribution in [-0.2, 0) is 14.3 Å². The highest BCUT2D eigenvalue weighted by molar-refractivity contribution is 5.83. The van der Waals surface area contributed by atoms with Gasteiger partial charge in [0.1, 0.15) is 17.9 Å². The number of likely N-dealkylation sites (N-methyl/N-ethyl adjacent to an activating group) is 1. The Morgan fingerprint density at radius 3 is 2.16 bits per heavy atom. The number of rotatable bonds is 8. The first-order valence-electron chi connectivity index (χ1n) is 8.40. The number of esters is 1. The number of amides is 1. The van der Waals surface area contributed by atoms with E-state index in [9.17, 15) is 9.59 Å². The third-order valence-corrected chi connectivity index (χ3v) is 3.29. The molecule has 0 spiro atoms. The quantitative estimate of drug-likeness (QED) is 0.672. The Balaban J connectivity index is 2.64. The lowest BCUT2D eigenvalue weighted by Gasteiger charge is -2.26. The van der Waals surface area contributed by atoms with Gasteiger partial charge in [0, 0.05) is 13.1 Å². The largest absolute Gasteiger partial charge is 0.484 e. The number of aryl methyl sites for hydroxylation is 1. The Bertz CT molecular complexity index is 562. The van der Waals surface area contributed by atoms with Gasteiger partial charge in [-0.15, -0.1) is 0 Å². The molecular formula is C19H30N2O4. The van der Waals surface area contributed by atoms with Gasteiger partial charge < -0.3 is 19.3 Å². The van der Waals surface area contributed by atoms with Gasteiger partial charge in [-0.2, -0.15) is 0 Å². The van der Waals surface area contributed by atoms with E-state index < -0.39 is 11.6 Å². The highest BCUT2D eigenvalue weighted by atomic mass is 16.6. The van der Waals surface area contributed by atoms with Crippen molar-refractivity contribution in [1.82, 2.24) is 9.80 Å².